The topological polar surface area (TPSA) is 72.6 Å². The van der Waals surface area contributed by atoms with Gasteiger partial charge in [0, 0.05) is 24.4 Å². The first kappa shape index (κ1) is 15.9. The van der Waals surface area contributed by atoms with Gasteiger partial charge in [0.15, 0.2) is 0 Å². The van der Waals surface area contributed by atoms with Crippen LogP contribution in [-0.4, -0.2) is 47.9 Å². The number of amides is 1. The lowest BCUT2D eigenvalue weighted by Gasteiger charge is -2.15. The van der Waals surface area contributed by atoms with E-state index in [1.807, 2.05) is 13.8 Å². The van der Waals surface area contributed by atoms with Gasteiger partial charge >= 0.3 is 5.97 Å². The first-order chi connectivity index (χ1) is 10.0. The minimum Gasteiger partial charge on any atom is -0.469 e. The van der Waals surface area contributed by atoms with Gasteiger partial charge in [0.25, 0.3) is 0 Å². The molecule has 0 radical (unpaired) electrons. The van der Waals surface area contributed by atoms with Crippen LogP contribution < -0.4 is 0 Å². The number of carbonyl (C=O) groups is 2. The second-order valence-electron chi connectivity index (χ2n) is 5.14. The fourth-order valence-electron chi connectivity index (χ4n) is 2.39. The fourth-order valence-corrected chi connectivity index (χ4v) is 3.46. The number of rotatable bonds is 5. The van der Waals surface area contributed by atoms with Crippen LogP contribution in [0.4, 0.5) is 0 Å². The second kappa shape index (κ2) is 6.98. The van der Waals surface area contributed by atoms with E-state index in [1.165, 1.54) is 7.11 Å². The van der Waals surface area contributed by atoms with E-state index < -0.39 is 0 Å². The highest BCUT2D eigenvalue weighted by atomic mass is 32.2. The van der Waals surface area contributed by atoms with Crippen molar-refractivity contribution in [1.82, 2.24) is 10.1 Å². The highest BCUT2D eigenvalue weighted by Gasteiger charge is 2.31. The molecule has 1 aliphatic heterocycles. The zero-order chi connectivity index (χ0) is 15.4. The van der Waals surface area contributed by atoms with Crippen LogP contribution in [0.5, 0.6) is 0 Å². The molecule has 2 rings (SSSR count). The maximum atomic E-state index is 12.1. The maximum Gasteiger partial charge on any atom is 0.310 e. The van der Waals surface area contributed by atoms with Crippen molar-refractivity contribution in [2.24, 2.45) is 5.92 Å². The van der Waals surface area contributed by atoms with Crippen molar-refractivity contribution in [3.8, 4) is 0 Å². The van der Waals surface area contributed by atoms with E-state index in [4.69, 9.17) is 9.26 Å². The zero-order valence-corrected chi connectivity index (χ0v) is 13.4. The molecule has 0 spiro atoms. The van der Waals surface area contributed by atoms with E-state index in [-0.39, 0.29) is 17.8 Å². The zero-order valence-electron chi connectivity index (χ0n) is 12.5. The van der Waals surface area contributed by atoms with Crippen LogP contribution in [0, 0.1) is 19.8 Å². The Morgan fingerprint density at radius 2 is 2.24 bits per heavy atom. The monoisotopic (exact) mass is 312 g/mol. The molecule has 0 N–H and O–H groups in total. The lowest BCUT2D eigenvalue weighted by Crippen LogP contribution is -2.31. The van der Waals surface area contributed by atoms with Gasteiger partial charge in [-0.25, -0.2) is 0 Å². The number of ether oxygens (including phenoxy) is 1. The Morgan fingerprint density at radius 3 is 2.86 bits per heavy atom. The van der Waals surface area contributed by atoms with Crippen molar-refractivity contribution >= 4 is 23.6 Å². The fraction of sp³-hybridized carbons (Fsp3) is 0.643. The number of esters is 1. The molecular weight excluding hydrogens is 292 g/mol. The van der Waals surface area contributed by atoms with Gasteiger partial charge in [-0.15, -0.1) is 11.8 Å². The third-order valence-electron chi connectivity index (χ3n) is 3.73. The lowest BCUT2D eigenvalue weighted by atomic mass is 10.1. The highest BCUT2D eigenvalue weighted by molar-refractivity contribution is 7.99. The summed E-state index contributed by atoms with van der Waals surface area (Å²) >= 11 is 1.54. The summed E-state index contributed by atoms with van der Waals surface area (Å²) in [6, 6.07) is 0. The molecule has 116 valence electrons. The molecule has 1 unspecified atom stereocenters. The Kier molecular flexibility index (Phi) is 5.27. The molecule has 1 amide bonds. The van der Waals surface area contributed by atoms with Crippen molar-refractivity contribution < 1.29 is 18.8 Å². The normalized spacial score (nSPS) is 18.0. The van der Waals surface area contributed by atoms with Crippen molar-refractivity contribution in [3.05, 3.63) is 17.0 Å². The molecule has 0 saturated carbocycles. The number of aromatic nitrogens is 1. The van der Waals surface area contributed by atoms with Crippen molar-refractivity contribution in [3.63, 3.8) is 0 Å². The minimum absolute atomic E-state index is 0.0677. The summed E-state index contributed by atoms with van der Waals surface area (Å²) in [5, 5.41) is 3.90. The minimum atomic E-state index is -0.228. The van der Waals surface area contributed by atoms with Gasteiger partial charge in [0.05, 0.1) is 24.5 Å². The molecule has 1 fully saturated rings. The van der Waals surface area contributed by atoms with E-state index in [0.29, 0.717) is 31.0 Å². The van der Waals surface area contributed by atoms with Gasteiger partial charge < -0.3 is 14.2 Å². The van der Waals surface area contributed by atoms with E-state index >= 15 is 0 Å². The summed E-state index contributed by atoms with van der Waals surface area (Å²) in [4.78, 5) is 25.3. The number of aryl methyl sites for hydroxylation is 2. The Morgan fingerprint density at radius 1 is 1.48 bits per heavy atom. The van der Waals surface area contributed by atoms with Crippen LogP contribution in [0.1, 0.15) is 23.4 Å². The molecule has 7 heteroatoms. The molecular formula is C14H20N2O4S. The summed E-state index contributed by atoms with van der Waals surface area (Å²) in [7, 11) is 1.38. The molecule has 0 aromatic carbocycles. The Labute approximate surface area is 128 Å². The summed E-state index contributed by atoms with van der Waals surface area (Å²) in [5.74, 6) is 1.58. The molecule has 6 nitrogen and oxygen atoms in total. The molecule has 21 heavy (non-hydrogen) atoms. The van der Waals surface area contributed by atoms with Gasteiger partial charge in [0.1, 0.15) is 5.76 Å². The first-order valence-electron chi connectivity index (χ1n) is 6.88. The van der Waals surface area contributed by atoms with E-state index in [1.54, 1.807) is 16.7 Å². The molecule has 2 heterocycles. The number of likely N-dealkylation sites (tertiary alicyclic amines) is 1. The van der Waals surface area contributed by atoms with Crippen LogP contribution in [0.2, 0.25) is 0 Å². The third-order valence-corrected chi connectivity index (χ3v) is 4.67. The van der Waals surface area contributed by atoms with Crippen molar-refractivity contribution in [1.29, 1.82) is 0 Å². The third kappa shape index (κ3) is 3.78. The highest BCUT2D eigenvalue weighted by Crippen LogP contribution is 2.22. The molecule has 0 aliphatic carbocycles. The number of thioether (sulfide) groups is 1. The first-order valence-corrected chi connectivity index (χ1v) is 8.03. The number of nitrogens with zero attached hydrogens (tertiary/aromatic N) is 2. The molecule has 1 aromatic heterocycles. The number of hydrogen-bond acceptors (Lipinski definition) is 6. The van der Waals surface area contributed by atoms with Gasteiger partial charge in [0.2, 0.25) is 5.91 Å². The quantitative estimate of drug-likeness (QED) is 0.768. The molecule has 1 saturated heterocycles. The predicted octanol–water partition coefficient (Wildman–Crippen LogP) is 1.55. The van der Waals surface area contributed by atoms with Crippen LogP contribution in [0.3, 0.4) is 0 Å². The van der Waals surface area contributed by atoms with E-state index in [9.17, 15) is 9.59 Å². The lowest BCUT2D eigenvalue weighted by molar-refractivity contribution is -0.145. The summed E-state index contributed by atoms with van der Waals surface area (Å²) < 4.78 is 9.81. The average molecular weight is 312 g/mol. The molecule has 1 aliphatic rings. The van der Waals surface area contributed by atoms with E-state index in [2.05, 4.69) is 5.16 Å². The van der Waals surface area contributed by atoms with Crippen molar-refractivity contribution in [2.75, 3.05) is 26.0 Å². The maximum absolute atomic E-state index is 12.1. The summed E-state index contributed by atoms with van der Waals surface area (Å²) in [5.41, 5.74) is 1.93. The van der Waals surface area contributed by atoms with Gasteiger partial charge in [-0.1, -0.05) is 5.16 Å². The Bertz CT molecular complexity index is 510. The van der Waals surface area contributed by atoms with Crippen LogP contribution >= 0.6 is 11.8 Å². The SMILES string of the molecule is COC(=O)C1CCN(C(=O)CSCc2c(C)noc2C)C1. The van der Waals surface area contributed by atoms with E-state index in [0.717, 1.165) is 17.0 Å². The number of methoxy groups -OCH3 is 1. The van der Waals surface area contributed by atoms with Crippen LogP contribution in [0.15, 0.2) is 4.52 Å². The predicted molar refractivity (Wildman–Crippen MR) is 78.8 cm³/mol. The van der Waals surface area contributed by atoms with Gasteiger partial charge in [-0.3, -0.25) is 9.59 Å². The molecule has 1 aromatic rings. The second-order valence-corrected chi connectivity index (χ2v) is 6.13. The summed E-state index contributed by atoms with van der Waals surface area (Å²) in [6.45, 7) is 4.87. The summed E-state index contributed by atoms with van der Waals surface area (Å²) in [6.07, 6.45) is 0.687. The van der Waals surface area contributed by atoms with Gasteiger partial charge in [-0.05, 0) is 20.3 Å². The Balaban J connectivity index is 1.77. The van der Waals surface area contributed by atoms with Crippen molar-refractivity contribution in [2.45, 2.75) is 26.0 Å². The smallest absolute Gasteiger partial charge is 0.310 e. The van der Waals surface area contributed by atoms with Crippen LogP contribution in [-0.2, 0) is 20.1 Å². The largest absolute Gasteiger partial charge is 0.469 e. The molecule has 1 atom stereocenters. The molecule has 0 bridgehead atoms. The Hall–Kier alpha value is -1.50. The van der Waals surface area contributed by atoms with Crippen LogP contribution in [0.25, 0.3) is 0 Å². The number of hydrogen-bond donors (Lipinski definition) is 0. The average Bonchev–Trinajstić information content (AvgIpc) is 3.08. The number of carbonyl (C=O) groups excluding carboxylic acids is 2. The van der Waals surface area contributed by atoms with Gasteiger partial charge in [-0.2, -0.15) is 0 Å². The standard InChI is InChI=1S/C14H20N2O4S/c1-9-12(10(2)20-15-9)7-21-8-13(17)16-5-4-11(6-16)14(18)19-3/h11H,4-8H2,1-3H3.